The van der Waals surface area contributed by atoms with Crippen molar-refractivity contribution in [2.45, 2.75) is 39.2 Å². The molecule has 0 bridgehead atoms. The van der Waals surface area contributed by atoms with Crippen LogP contribution >= 0.6 is 0 Å². The van der Waals surface area contributed by atoms with E-state index in [1.165, 1.54) is 0 Å². The van der Waals surface area contributed by atoms with E-state index in [2.05, 4.69) is 15.5 Å². The molecular weight excluding hydrogens is 308 g/mol. The summed E-state index contributed by atoms with van der Waals surface area (Å²) >= 11 is 0. The summed E-state index contributed by atoms with van der Waals surface area (Å²) in [5, 5.41) is 6.69. The maximum absolute atomic E-state index is 12.7. The summed E-state index contributed by atoms with van der Waals surface area (Å²) in [6.07, 6.45) is 4.96. The van der Waals surface area contributed by atoms with E-state index in [-0.39, 0.29) is 18.2 Å². The third-order valence-corrected chi connectivity index (χ3v) is 4.25. The van der Waals surface area contributed by atoms with Gasteiger partial charge in [-0.3, -0.25) is 14.6 Å². The summed E-state index contributed by atoms with van der Waals surface area (Å²) in [5.41, 5.74) is 2.24. The molecule has 2 aromatic heterocycles. The molecule has 3 heterocycles. The first-order valence-corrected chi connectivity index (χ1v) is 7.99. The highest BCUT2D eigenvalue weighted by Crippen LogP contribution is 2.20. The molecule has 1 N–H and O–H groups in total. The number of carbonyl (C=O) groups excluding carboxylic acids is 2. The maximum atomic E-state index is 12.7. The van der Waals surface area contributed by atoms with Crippen molar-refractivity contribution in [1.29, 1.82) is 0 Å². The van der Waals surface area contributed by atoms with Gasteiger partial charge >= 0.3 is 0 Å². The van der Waals surface area contributed by atoms with Crippen molar-refractivity contribution in [3.05, 3.63) is 41.5 Å². The number of aryl methyl sites for hydroxylation is 2. The molecule has 1 atom stereocenters. The fourth-order valence-corrected chi connectivity index (χ4v) is 2.94. The largest absolute Gasteiger partial charge is 0.361 e. The Balaban J connectivity index is 1.66. The molecule has 0 radical (unpaired) electrons. The highest BCUT2D eigenvalue weighted by atomic mass is 16.5. The van der Waals surface area contributed by atoms with Crippen LogP contribution in [0.5, 0.6) is 0 Å². The van der Waals surface area contributed by atoms with Crippen molar-refractivity contribution >= 4 is 17.5 Å². The SMILES string of the molecule is Cc1noc(C)c1CC(=O)NC1CCCN(c2cccnc2)C1=O. The van der Waals surface area contributed by atoms with Crippen molar-refractivity contribution < 1.29 is 14.1 Å². The summed E-state index contributed by atoms with van der Waals surface area (Å²) in [6.45, 7) is 4.22. The van der Waals surface area contributed by atoms with Crippen molar-refractivity contribution in [3.8, 4) is 0 Å². The van der Waals surface area contributed by atoms with Crippen LogP contribution in [0.2, 0.25) is 0 Å². The van der Waals surface area contributed by atoms with Crippen molar-refractivity contribution in [2.24, 2.45) is 0 Å². The molecule has 0 aliphatic carbocycles. The van der Waals surface area contributed by atoms with E-state index in [1.807, 2.05) is 6.07 Å². The van der Waals surface area contributed by atoms with E-state index in [1.54, 1.807) is 37.2 Å². The number of carbonyl (C=O) groups is 2. The zero-order valence-corrected chi connectivity index (χ0v) is 13.8. The van der Waals surface area contributed by atoms with Crippen LogP contribution in [0.4, 0.5) is 5.69 Å². The number of anilines is 1. The average Bonchev–Trinajstić information content (AvgIpc) is 2.89. The molecule has 2 aromatic rings. The number of pyridine rings is 1. The summed E-state index contributed by atoms with van der Waals surface area (Å²) in [4.78, 5) is 30.7. The van der Waals surface area contributed by atoms with Crippen LogP contribution in [0.25, 0.3) is 0 Å². The lowest BCUT2D eigenvalue weighted by molar-refractivity contribution is -0.128. The van der Waals surface area contributed by atoms with Gasteiger partial charge in [0.15, 0.2) is 0 Å². The first kappa shape index (κ1) is 16.2. The monoisotopic (exact) mass is 328 g/mol. The quantitative estimate of drug-likeness (QED) is 0.920. The Bertz CT molecular complexity index is 722. The molecule has 0 aromatic carbocycles. The Labute approximate surface area is 140 Å². The van der Waals surface area contributed by atoms with Crippen molar-refractivity contribution in [1.82, 2.24) is 15.5 Å². The Hall–Kier alpha value is -2.70. The molecule has 1 unspecified atom stereocenters. The molecule has 126 valence electrons. The maximum Gasteiger partial charge on any atom is 0.249 e. The molecule has 24 heavy (non-hydrogen) atoms. The first-order chi connectivity index (χ1) is 11.6. The highest BCUT2D eigenvalue weighted by molar-refractivity contribution is 5.99. The van der Waals surface area contributed by atoms with Crippen LogP contribution in [-0.4, -0.2) is 34.5 Å². The topological polar surface area (TPSA) is 88.3 Å². The van der Waals surface area contributed by atoms with Crippen LogP contribution in [0, 0.1) is 13.8 Å². The molecule has 3 rings (SSSR count). The second kappa shape index (κ2) is 6.82. The van der Waals surface area contributed by atoms with Crippen molar-refractivity contribution in [3.63, 3.8) is 0 Å². The number of nitrogens with zero attached hydrogens (tertiary/aromatic N) is 3. The Morgan fingerprint density at radius 1 is 1.46 bits per heavy atom. The number of piperidine rings is 1. The zero-order chi connectivity index (χ0) is 17.1. The fourth-order valence-electron chi connectivity index (χ4n) is 2.94. The van der Waals surface area contributed by atoms with Gasteiger partial charge in [-0.2, -0.15) is 0 Å². The first-order valence-electron chi connectivity index (χ1n) is 7.99. The van der Waals surface area contributed by atoms with E-state index in [0.717, 1.165) is 17.7 Å². The van der Waals surface area contributed by atoms with Crippen LogP contribution in [0.3, 0.4) is 0 Å². The molecule has 1 aliphatic heterocycles. The number of nitrogens with one attached hydrogen (secondary N) is 1. The van der Waals surface area contributed by atoms with E-state index in [4.69, 9.17) is 4.52 Å². The number of hydrogen-bond donors (Lipinski definition) is 1. The highest BCUT2D eigenvalue weighted by Gasteiger charge is 2.31. The van der Waals surface area contributed by atoms with Gasteiger partial charge in [0.2, 0.25) is 11.8 Å². The van der Waals surface area contributed by atoms with E-state index < -0.39 is 6.04 Å². The second-order valence-corrected chi connectivity index (χ2v) is 5.94. The van der Waals surface area contributed by atoms with Crippen molar-refractivity contribution in [2.75, 3.05) is 11.4 Å². The minimum atomic E-state index is -0.507. The molecule has 7 heteroatoms. The lowest BCUT2D eigenvalue weighted by atomic mass is 10.0. The molecule has 1 aliphatic rings. The normalized spacial score (nSPS) is 17.8. The van der Waals surface area contributed by atoms with E-state index in [9.17, 15) is 9.59 Å². The minimum Gasteiger partial charge on any atom is -0.361 e. The smallest absolute Gasteiger partial charge is 0.249 e. The molecule has 1 saturated heterocycles. The van der Waals surface area contributed by atoms with Gasteiger partial charge in [0.25, 0.3) is 0 Å². The Morgan fingerprint density at radius 2 is 2.29 bits per heavy atom. The lowest BCUT2D eigenvalue weighted by Gasteiger charge is -2.32. The molecule has 1 fully saturated rings. The predicted molar refractivity (Wildman–Crippen MR) is 87.4 cm³/mol. The zero-order valence-electron chi connectivity index (χ0n) is 13.8. The Kier molecular flexibility index (Phi) is 4.59. The number of rotatable bonds is 4. The van der Waals surface area contributed by atoms with Gasteiger partial charge in [-0.15, -0.1) is 0 Å². The van der Waals surface area contributed by atoms with Gasteiger partial charge in [0.05, 0.1) is 24.0 Å². The Morgan fingerprint density at radius 3 is 2.96 bits per heavy atom. The fraction of sp³-hybridized carbons (Fsp3) is 0.412. The van der Waals surface area contributed by atoms with E-state index >= 15 is 0 Å². The lowest BCUT2D eigenvalue weighted by Crippen LogP contribution is -2.52. The van der Waals surface area contributed by atoms with Gasteiger partial charge in [0, 0.05) is 18.3 Å². The molecule has 0 spiro atoms. The van der Waals surface area contributed by atoms with Gasteiger partial charge in [-0.1, -0.05) is 5.16 Å². The van der Waals surface area contributed by atoms with Gasteiger partial charge in [-0.25, -0.2) is 0 Å². The molecule has 0 saturated carbocycles. The molecule has 7 nitrogen and oxygen atoms in total. The van der Waals surface area contributed by atoms with Crippen LogP contribution in [0.1, 0.15) is 29.9 Å². The summed E-state index contributed by atoms with van der Waals surface area (Å²) in [7, 11) is 0. The number of amides is 2. The standard InChI is InChI=1S/C17H20N4O3/c1-11-14(12(2)24-20-11)9-16(22)19-15-6-4-8-21(17(15)23)13-5-3-7-18-10-13/h3,5,7,10,15H,4,6,8-9H2,1-2H3,(H,19,22). The summed E-state index contributed by atoms with van der Waals surface area (Å²) in [5.74, 6) is 0.340. The van der Waals surface area contributed by atoms with Crippen LogP contribution in [0.15, 0.2) is 29.0 Å². The van der Waals surface area contributed by atoms with Crippen LogP contribution < -0.4 is 10.2 Å². The second-order valence-electron chi connectivity index (χ2n) is 5.94. The van der Waals surface area contributed by atoms with Crippen LogP contribution in [-0.2, 0) is 16.0 Å². The number of aromatic nitrogens is 2. The third-order valence-electron chi connectivity index (χ3n) is 4.25. The minimum absolute atomic E-state index is 0.0960. The van der Waals surface area contributed by atoms with Gasteiger partial charge < -0.3 is 14.7 Å². The van der Waals surface area contributed by atoms with Gasteiger partial charge in [0.1, 0.15) is 11.8 Å². The number of hydrogen-bond acceptors (Lipinski definition) is 5. The third kappa shape index (κ3) is 3.29. The molecule has 2 amide bonds. The predicted octanol–water partition coefficient (Wildman–Crippen LogP) is 1.54. The van der Waals surface area contributed by atoms with Gasteiger partial charge in [-0.05, 0) is 38.8 Å². The van der Waals surface area contributed by atoms with E-state index in [0.29, 0.717) is 24.4 Å². The molecular formula is C17H20N4O3. The average molecular weight is 328 g/mol. The summed E-state index contributed by atoms with van der Waals surface area (Å²) < 4.78 is 5.07. The summed E-state index contributed by atoms with van der Waals surface area (Å²) in [6, 6.07) is 3.13.